The molecular formula is C9H11OS. The van der Waals surface area contributed by atoms with Crippen molar-refractivity contribution in [3.63, 3.8) is 0 Å². The molecule has 0 saturated carbocycles. The molecule has 1 nitrogen and oxygen atoms in total. The maximum Gasteiger partial charge on any atom is 0.186 e. The van der Waals surface area contributed by atoms with Gasteiger partial charge >= 0.3 is 0 Å². The molecule has 1 aliphatic carbocycles. The van der Waals surface area contributed by atoms with E-state index < -0.39 is 0 Å². The summed E-state index contributed by atoms with van der Waals surface area (Å²) >= 11 is 1.36. The SMILES string of the molecule is CC(=O)SCC1=C[CH]CC=C1. The summed E-state index contributed by atoms with van der Waals surface area (Å²) in [6.07, 6.45) is 9.40. The number of allylic oxidation sites excluding steroid dienone is 3. The number of hydrogen-bond acceptors (Lipinski definition) is 2. The summed E-state index contributed by atoms with van der Waals surface area (Å²) in [6, 6.07) is 0. The van der Waals surface area contributed by atoms with Crippen molar-refractivity contribution in [3.05, 3.63) is 30.2 Å². The molecular weight excluding hydrogens is 156 g/mol. The van der Waals surface area contributed by atoms with Crippen LogP contribution in [0, 0.1) is 6.42 Å². The molecule has 11 heavy (non-hydrogen) atoms. The Labute approximate surface area is 71.6 Å². The Morgan fingerprint density at radius 3 is 3.09 bits per heavy atom. The molecule has 0 saturated heterocycles. The van der Waals surface area contributed by atoms with Crippen molar-refractivity contribution >= 4 is 16.9 Å². The summed E-state index contributed by atoms with van der Waals surface area (Å²) in [5, 5.41) is 0.185. The Bertz CT molecular complexity index is 204. The van der Waals surface area contributed by atoms with Crippen LogP contribution < -0.4 is 0 Å². The zero-order chi connectivity index (χ0) is 8.10. The van der Waals surface area contributed by atoms with Gasteiger partial charge in [0.1, 0.15) is 0 Å². The van der Waals surface area contributed by atoms with Crippen LogP contribution in [0.3, 0.4) is 0 Å². The van der Waals surface area contributed by atoms with E-state index in [0.29, 0.717) is 0 Å². The fourth-order valence-corrected chi connectivity index (χ4v) is 1.42. The van der Waals surface area contributed by atoms with Crippen LogP contribution in [0.25, 0.3) is 0 Å². The first-order valence-electron chi connectivity index (χ1n) is 3.61. The molecule has 0 heterocycles. The minimum absolute atomic E-state index is 0.185. The second kappa shape index (κ2) is 4.39. The van der Waals surface area contributed by atoms with Crippen LogP contribution in [-0.4, -0.2) is 10.9 Å². The fourth-order valence-electron chi connectivity index (χ4n) is 0.854. The van der Waals surface area contributed by atoms with Gasteiger partial charge in [0.25, 0.3) is 0 Å². The third kappa shape index (κ3) is 3.42. The van der Waals surface area contributed by atoms with Crippen molar-refractivity contribution in [1.29, 1.82) is 0 Å². The molecule has 0 amide bonds. The molecule has 59 valence electrons. The van der Waals surface area contributed by atoms with E-state index in [1.54, 1.807) is 6.92 Å². The van der Waals surface area contributed by atoms with Crippen LogP contribution in [0.15, 0.2) is 23.8 Å². The lowest BCUT2D eigenvalue weighted by molar-refractivity contribution is -0.109. The van der Waals surface area contributed by atoms with Gasteiger partial charge in [-0.25, -0.2) is 0 Å². The van der Waals surface area contributed by atoms with E-state index in [2.05, 4.69) is 24.6 Å². The largest absolute Gasteiger partial charge is 0.288 e. The lowest BCUT2D eigenvalue weighted by Gasteiger charge is -2.03. The van der Waals surface area contributed by atoms with Crippen LogP contribution in [-0.2, 0) is 4.79 Å². The standard InChI is InChI=1S/C9H11OS/c1-8(10)11-7-9-5-3-2-4-6-9/h3-6H,2,7H2,1H3. The third-order valence-corrected chi connectivity index (χ3v) is 2.26. The van der Waals surface area contributed by atoms with Gasteiger partial charge in [-0.3, -0.25) is 4.79 Å². The van der Waals surface area contributed by atoms with E-state index in [1.165, 1.54) is 17.3 Å². The maximum absolute atomic E-state index is 10.6. The first-order valence-corrected chi connectivity index (χ1v) is 4.60. The minimum atomic E-state index is 0.185. The number of thioether (sulfide) groups is 1. The third-order valence-electron chi connectivity index (χ3n) is 1.38. The monoisotopic (exact) mass is 167 g/mol. The predicted molar refractivity (Wildman–Crippen MR) is 49.3 cm³/mol. The molecule has 2 heteroatoms. The molecule has 0 aliphatic heterocycles. The summed E-state index contributed by atoms with van der Waals surface area (Å²) in [5.74, 6) is 0.808. The first-order chi connectivity index (χ1) is 5.29. The molecule has 0 aromatic carbocycles. The minimum Gasteiger partial charge on any atom is -0.288 e. The first kappa shape index (κ1) is 8.60. The molecule has 0 atom stereocenters. The van der Waals surface area contributed by atoms with Gasteiger partial charge in [0.05, 0.1) is 0 Å². The van der Waals surface area contributed by atoms with E-state index in [-0.39, 0.29) is 5.12 Å². The zero-order valence-corrected chi connectivity index (χ0v) is 7.36. The molecule has 0 bridgehead atoms. The molecule has 1 radical (unpaired) electrons. The molecule has 0 N–H and O–H groups in total. The van der Waals surface area contributed by atoms with Crippen LogP contribution >= 0.6 is 11.8 Å². The fraction of sp³-hybridized carbons (Fsp3) is 0.333. The summed E-state index contributed by atoms with van der Waals surface area (Å²) in [6.45, 7) is 1.60. The average Bonchev–Trinajstić information content (AvgIpc) is 2.03. The normalized spacial score (nSPS) is 16.3. The highest BCUT2D eigenvalue weighted by Gasteiger charge is 1.99. The summed E-state index contributed by atoms with van der Waals surface area (Å²) in [7, 11) is 0. The molecule has 1 aliphatic rings. The molecule has 0 spiro atoms. The van der Waals surface area contributed by atoms with Crippen molar-refractivity contribution in [2.75, 3.05) is 5.75 Å². The smallest absolute Gasteiger partial charge is 0.186 e. The van der Waals surface area contributed by atoms with Crippen molar-refractivity contribution in [1.82, 2.24) is 0 Å². The van der Waals surface area contributed by atoms with Crippen molar-refractivity contribution in [2.45, 2.75) is 13.3 Å². The Hall–Kier alpha value is -0.500. The second-order valence-corrected chi connectivity index (χ2v) is 3.55. The molecule has 1 rings (SSSR count). The highest BCUT2D eigenvalue weighted by Crippen LogP contribution is 2.14. The van der Waals surface area contributed by atoms with E-state index in [1.807, 2.05) is 0 Å². The van der Waals surface area contributed by atoms with Gasteiger partial charge in [0.15, 0.2) is 5.12 Å². The van der Waals surface area contributed by atoms with Gasteiger partial charge in [-0.2, -0.15) is 0 Å². The van der Waals surface area contributed by atoms with Crippen LogP contribution in [0.4, 0.5) is 0 Å². The molecule has 0 aromatic heterocycles. The Balaban J connectivity index is 2.31. The summed E-state index contributed by atoms with van der Waals surface area (Å²) in [5.41, 5.74) is 1.23. The van der Waals surface area contributed by atoms with Crippen LogP contribution in [0.5, 0.6) is 0 Å². The van der Waals surface area contributed by atoms with Gasteiger partial charge in [-0.15, -0.1) is 0 Å². The average molecular weight is 167 g/mol. The van der Waals surface area contributed by atoms with Gasteiger partial charge in [-0.1, -0.05) is 30.0 Å². The lowest BCUT2D eigenvalue weighted by atomic mass is 10.1. The van der Waals surface area contributed by atoms with E-state index in [4.69, 9.17) is 0 Å². The van der Waals surface area contributed by atoms with Crippen LogP contribution in [0.2, 0.25) is 0 Å². The number of hydrogen-bond donors (Lipinski definition) is 0. The van der Waals surface area contributed by atoms with Crippen molar-refractivity contribution in [2.24, 2.45) is 0 Å². The molecule has 0 aromatic rings. The van der Waals surface area contributed by atoms with Crippen LogP contribution in [0.1, 0.15) is 13.3 Å². The Kier molecular flexibility index (Phi) is 3.43. The van der Waals surface area contributed by atoms with Gasteiger partial charge < -0.3 is 0 Å². The van der Waals surface area contributed by atoms with E-state index in [0.717, 1.165) is 12.2 Å². The predicted octanol–water partition coefficient (Wildman–Crippen LogP) is 2.36. The number of carbonyl (C=O) groups excluding carboxylic acids is 1. The van der Waals surface area contributed by atoms with Gasteiger partial charge in [0, 0.05) is 12.7 Å². The maximum atomic E-state index is 10.6. The summed E-state index contributed by atoms with van der Waals surface area (Å²) < 4.78 is 0. The number of carbonyl (C=O) groups is 1. The van der Waals surface area contributed by atoms with Gasteiger partial charge in [-0.05, 0) is 18.4 Å². The molecule has 0 unspecified atom stereocenters. The highest BCUT2D eigenvalue weighted by molar-refractivity contribution is 8.13. The quantitative estimate of drug-likeness (QED) is 0.628. The molecule has 0 fully saturated rings. The topological polar surface area (TPSA) is 17.1 Å². The second-order valence-electron chi connectivity index (χ2n) is 2.40. The Morgan fingerprint density at radius 1 is 1.73 bits per heavy atom. The number of rotatable bonds is 2. The summed E-state index contributed by atoms with van der Waals surface area (Å²) in [4.78, 5) is 10.6. The van der Waals surface area contributed by atoms with Gasteiger partial charge in [0.2, 0.25) is 0 Å². The Morgan fingerprint density at radius 2 is 2.55 bits per heavy atom. The zero-order valence-electron chi connectivity index (χ0n) is 6.54. The van der Waals surface area contributed by atoms with E-state index in [9.17, 15) is 4.79 Å². The highest BCUT2D eigenvalue weighted by atomic mass is 32.2. The lowest BCUT2D eigenvalue weighted by Crippen LogP contribution is -1.91. The van der Waals surface area contributed by atoms with Crippen molar-refractivity contribution in [3.8, 4) is 0 Å². The van der Waals surface area contributed by atoms with Crippen molar-refractivity contribution < 1.29 is 4.79 Å². The van der Waals surface area contributed by atoms with E-state index >= 15 is 0 Å².